The Hall–Kier alpha value is -1.58. The van der Waals surface area contributed by atoms with E-state index in [0.717, 1.165) is 0 Å². The second kappa shape index (κ2) is 5.17. The van der Waals surface area contributed by atoms with Crippen LogP contribution in [0, 0.1) is 0 Å². The van der Waals surface area contributed by atoms with Gasteiger partial charge in [0, 0.05) is 18.5 Å². The van der Waals surface area contributed by atoms with Crippen LogP contribution in [0.1, 0.15) is 10.4 Å². The molecule has 17 heavy (non-hydrogen) atoms. The normalized spacial score (nSPS) is 10.0. The van der Waals surface area contributed by atoms with Gasteiger partial charge in [-0.15, -0.1) is 0 Å². The monoisotopic (exact) mass is 267 g/mol. The highest BCUT2D eigenvalue weighted by Crippen LogP contribution is 2.30. The van der Waals surface area contributed by atoms with Crippen molar-refractivity contribution in [3.05, 3.63) is 52.3 Å². The Morgan fingerprint density at radius 1 is 1.18 bits per heavy atom. The maximum atomic E-state index is 10.8. The molecule has 5 heteroatoms. The molecule has 3 nitrogen and oxygen atoms in total. The van der Waals surface area contributed by atoms with Gasteiger partial charge in [-0.05, 0) is 18.2 Å². The van der Waals surface area contributed by atoms with Gasteiger partial charge in [-0.2, -0.15) is 0 Å². The molecule has 0 saturated heterocycles. The van der Waals surface area contributed by atoms with Crippen LogP contribution in [0.25, 0.3) is 0 Å². The van der Waals surface area contributed by atoms with Crippen molar-refractivity contribution in [3.8, 4) is 11.5 Å². The Kier molecular flexibility index (Phi) is 3.61. The lowest BCUT2D eigenvalue weighted by Crippen LogP contribution is -1.91. The lowest BCUT2D eigenvalue weighted by Gasteiger charge is -2.07. The zero-order chi connectivity index (χ0) is 12.3. The van der Waals surface area contributed by atoms with Gasteiger partial charge in [-0.25, -0.2) is 0 Å². The molecule has 1 aromatic heterocycles. The second-order valence-corrected chi connectivity index (χ2v) is 4.02. The molecule has 86 valence electrons. The summed E-state index contributed by atoms with van der Waals surface area (Å²) in [5.74, 6) is 0.932. The topological polar surface area (TPSA) is 39.2 Å². The van der Waals surface area contributed by atoms with E-state index in [2.05, 4.69) is 4.98 Å². The third-order valence-electron chi connectivity index (χ3n) is 2.06. The molecule has 0 aliphatic heterocycles. The standard InChI is InChI=1S/C12H7Cl2NO2/c13-10-2-1-9(5-11(10)14)17-12-3-4-15-6-8(12)7-16/h1-7H. The van der Waals surface area contributed by atoms with Crippen molar-refractivity contribution in [1.82, 2.24) is 4.98 Å². The molecular weight excluding hydrogens is 261 g/mol. The van der Waals surface area contributed by atoms with Crippen molar-refractivity contribution < 1.29 is 9.53 Å². The van der Waals surface area contributed by atoms with Crippen LogP contribution in [0.3, 0.4) is 0 Å². The van der Waals surface area contributed by atoms with Gasteiger partial charge in [0.25, 0.3) is 0 Å². The van der Waals surface area contributed by atoms with E-state index in [0.29, 0.717) is 33.4 Å². The van der Waals surface area contributed by atoms with Crippen LogP contribution in [0.4, 0.5) is 0 Å². The average Bonchev–Trinajstić information content (AvgIpc) is 2.34. The molecule has 0 bridgehead atoms. The molecule has 0 radical (unpaired) electrons. The van der Waals surface area contributed by atoms with Gasteiger partial charge in [0.05, 0.1) is 15.6 Å². The quantitative estimate of drug-likeness (QED) is 0.790. The van der Waals surface area contributed by atoms with Crippen LogP contribution in [-0.4, -0.2) is 11.3 Å². The largest absolute Gasteiger partial charge is 0.456 e. The van der Waals surface area contributed by atoms with Crippen molar-refractivity contribution >= 4 is 29.5 Å². The summed E-state index contributed by atoms with van der Waals surface area (Å²) in [7, 11) is 0. The van der Waals surface area contributed by atoms with Gasteiger partial charge in [-0.3, -0.25) is 9.78 Å². The number of aromatic nitrogens is 1. The number of carbonyl (C=O) groups excluding carboxylic acids is 1. The zero-order valence-corrected chi connectivity index (χ0v) is 10.1. The number of hydrogen-bond acceptors (Lipinski definition) is 3. The van der Waals surface area contributed by atoms with Crippen LogP contribution < -0.4 is 4.74 Å². The zero-order valence-electron chi connectivity index (χ0n) is 8.56. The highest BCUT2D eigenvalue weighted by atomic mass is 35.5. The molecule has 2 rings (SSSR count). The Morgan fingerprint density at radius 2 is 2.00 bits per heavy atom. The lowest BCUT2D eigenvalue weighted by molar-refractivity contribution is 0.112. The average molecular weight is 268 g/mol. The minimum atomic E-state index is 0.374. The van der Waals surface area contributed by atoms with E-state index in [1.165, 1.54) is 6.20 Å². The van der Waals surface area contributed by atoms with Crippen LogP contribution in [0.5, 0.6) is 11.5 Å². The molecule has 0 atom stereocenters. The van der Waals surface area contributed by atoms with Gasteiger partial charge in [0.15, 0.2) is 6.29 Å². The van der Waals surface area contributed by atoms with Crippen molar-refractivity contribution in [1.29, 1.82) is 0 Å². The van der Waals surface area contributed by atoms with Gasteiger partial charge in [0.2, 0.25) is 0 Å². The van der Waals surface area contributed by atoms with Gasteiger partial charge in [0.1, 0.15) is 11.5 Å². The lowest BCUT2D eigenvalue weighted by atomic mass is 10.3. The third-order valence-corrected chi connectivity index (χ3v) is 2.79. The van der Waals surface area contributed by atoms with Gasteiger partial charge < -0.3 is 4.74 Å². The summed E-state index contributed by atoms with van der Waals surface area (Å²) in [6, 6.07) is 6.48. The van der Waals surface area contributed by atoms with Crippen molar-refractivity contribution in [2.45, 2.75) is 0 Å². The fourth-order valence-corrected chi connectivity index (χ4v) is 1.53. The maximum absolute atomic E-state index is 10.8. The van der Waals surface area contributed by atoms with Crippen LogP contribution >= 0.6 is 23.2 Å². The van der Waals surface area contributed by atoms with Crippen molar-refractivity contribution in [2.24, 2.45) is 0 Å². The highest BCUT2D eigenvalue weighted by Gasteiger charge is 2.05. The maximum Gasteiger partial charge on any atom is 0.155 e. The van der Waals surface area contributed by atoms with Crippen LogP contribution in [0.15, 0.2) is 36.7 Å². The molecule has 0 amide bonds. The summed E-state index contributed by atoms with van der Waals surface area (Å²) < 4.78 is 5.52. The molecule has 0 unspecified atom stereocenters. The molecule has 1 aromatic carbocycles. The molecule has 0 N–H and O–H groups in total. The SMILES string of the molecule is O=Cc1cnccc1Oc1ccc(Cl)c(Cl)c1. The molecule has 0 aliphatic rings. The first-order valence-corrected chi connectivity index (χ1v) is 5.48. The third kappa shape index (κ3) is 2.75. The Balaban J connectivity index is 2.31. The Bertz CT molecular complexity index is 558. The Morgan fingerprint density at radius 3 is 2.71 bits per heavy atom. The number of rotatable bonds is 3. The van der Waals surface area contributed by atoms with E-state index in [4.69, 9.17) is 27.9 Å². The van der Waals surface area contributed by atoms with E-state index >= 15 is 0 Å². The molecule has 0 saturated carbocycles. The molecule has 2 aromatic rings. The molecule has 0 aliphatic carbocycles. The summed E-state index contributed by atoms with van der Waals surface area (Å²) in [4.78, 5) is 14.6. The van der Waals surface area contributed by atoms with E-state index in [9.17, 15) is 4.79 Å². The minimum absolute atomic E-state index is 0.374. The summed E-state index contributed by atoms with van der Waals surface area (Å²) in [6.07, 6.45) is 3.65. The number of hydrogen-bond donors (Lipinski definition) is 0. The first-order valence-electron chi connectivity index (χ1n) is 4.73. The van der Waals surface area contributed by atoms with Crippen LogP contribution in [0.2, 0.25) is 10.0 Å². The van der Waals surface area contributed by atoms with E-state index in [1.54, 1.807) is 30.5 Å². The van der Waals surface area contributed by atoms with Crippen molar-refractivity contribution in [2.75, 3.05) is 0 Å². The fraction of sp³-hybridized carbons (Fsp3) is 0. The number of carbonyl (C=O) groups is 1. The number of halogens is 2. The smallest absolute Gasteiger partial charge is 0.155 e. The highest BCUT2D eigenvalue weighted by molar-refractivity contribution is 6.42. The molecule has 0 fully saturated rings. The van der Waals surface area contributed by atoms with E-state index in [-0.39, 0.29) is 0 Å². The van der Waals surface area contributed by atoms with E-state index in [1.807, 2.05) is 0 Å². The first-order chi connectivity index (χ1) is 8.20. The van der Waals surface area contributed by atoms with Crippen molar-refractivity contribution in [3.63, 3.8) is 0 Å². The van der Waals surface area contributed by atoms with E-state index < -0.39 is 0 Å². The van der Waals surface area contributed by atoms with Crippen LogP contribution in [-0.2, 0) is 0 Å². The molecule has 1 heterocycles. The minimum Gasteiger partial charge on any atom is -0.456 e. The van der Waals surface area contributed by atoms with Gasteiger partial charge >= 0.3 is 0 Å². The number of ether oxygens (including phenoxy) is 1. The predicted octanol–water partition coefficient (Wildman–Crippen LogP) is 3.99. The Labute approximate surface area is 108 Å². The number of aldehydes is 1. The van der Waals surface area contributed by atoms with Gasteiger partial charge in [-0.1, -0.05) is 23.2 Å². The predicted molar refractivity (Wildman–Crippen MR) is 66.2 cm³/mol. The fourth-order valence-electron chi connectivity index (χ4n) is 1.24. The number of benzene rings is 1. The first kappa shape index (κ1) is 11.9. The summed E-state index contributed by atoms with van der Waals surface area (Å²) in [6.45, 7) is 0. The summed E-state index contributed by atoms with van der Waals surface area (Å²) in [5.41, 5.74) is 0.374. The second-order valence-electron chi connectivity index (χ2n) is 3.21. The molecule has 0 spiro atoms. The number of nitrogens with zero attached hydrogens (tertiary/aromatic N) is 1. The molecular formula is C12H7Cl2NO2. The number of pyridine rings is 1. The summed E-state index contributed by atoms with van der Waals surface area (Å²) in [5, 5.41) is 0.843. The summed E-state index contributed by atoms with van der Waals surface area (Å²) >= 11 is 11.6.